The van der Waals surface area contributed by atoms with Crippen LogP contribution in [0.25, 0.3) is 10.8 Å². The molecule has 0 unspecified atom stereocenters. The van der Waals surface area contributed by atoms with Gasteiger partial charge in [-0.2, -0.15) is 18.6 Å². The van der Waals surface area contributed by atoms with Crippen molar-refractivity contribution in [3.63, 3.8) is 0 Å². The van der Waals surface area contributed by atoms with Crippen LogP contribution in [-0.2, 0) is 10.1 Å². The topological polar surface area (TPSA) is 140 Å². The Labute approximate surface area is 250 Å². The summed E-state index contributed by atoms with van der Waals surface area (Å²) in [6, 6.07) is 15.5. The van der Waals surface area contributed by atoms with Crippen molar-refractivity contribution in [1.82, 2.24) is 0 Å². The number of hydrogen-bond acceptors (Lipinski definition) is 7. The summed E-state index contributed by atoms with van der Waals surface area (Å²) in [6.45, 7) is 1.43. The number of methoxy groups -OCH3 is 1. The van der Waals surface area contributed by atoms with Crippen LogP contribution < -0.4 is 44.7 Å². The predicted molar refractivity (Wildman–Crippen MR) is 140 cm³/mol. The molecule has 0 fully saturated rings. The Morgan fingerprint density at radius 1 is 1.03 bits per heavy atom. The van der Waals surface area contributed by atoms with Crippen LogP contribution >= 0.6 is 23.2 Å². The number of ether oxygens (including phenoxy) is 1. The molecule has 4 aromatic carbocycles. The van der Waals surface area contributed by atoms with Crippen molar-refractivity contribution in [3.05, 3.63) is 81.8 Å². The summed E-state index contributed by atoms with van der Waals surface area (Å²) in [5.74, 6) is -0.991. The molecule has 38 heavy (non-hydrogen) atoms. The molecule has 0 aromatic heterocycles. The van der Waals surface area contributed by atoms with Gasteiger partial charge >= 0.3 is 29.6 Å². The number of benzene rings is 4. The van der Waals surface area contributed by atoms with E-state index >= 15 is 0 Å². The van der Waals surface area contributed by atoms with Gasteiger partial charge in [-0.3, -0.25) is 9.35 Å². The second-order valence-electron chi connectivity index (χ2n) is 7.88. The zero-order valence-electron chi connectivity index (χ0n) is 20.3. The summed E-state index contributed by atoms with van der Waals surface area (Å²) < 4.78 is 37.7. The number of nitrogens with zero attached hydrogens (tertiary/aromatic N) is 2. The number of fused-ring (bicyclic) bond motifs is 1. The Balaban J connectivity index is 0.00000400. The van der Waals surface area contributed by atoms with Crippen LogP contribution in [0.1, 0.15) is 15.9 Å². The van der Waals surface area contributed by atoms with Gasteiger partial charge in [0.1, 0.15) is 10.6 Å². The molecule has 0 aliphatic carbocycles. The van der Waals surface area contributed by atoms with Crippen molar-refractivity contribution in [3.8, 4) is 11.5 Å². The Morgan fingerprint density at radius 2 is 1.74 bits per heavy atom. The first-order valence-electron chi connectivity index (χ1n) is 10.6. The molecule has 0 saturated heterocycles. The summed E-state index contributed by atoms with van der Waals surface area (Å²) in [5.41, 5.74) is 0.386. The van der Waals surface area contributed by atoms with Gasteiger partial charge in [-0.05, 0) is 48.2 Å². The molecule has 0 atom stereocenters. The van der Waals surface area contributed by atoms with E-state index < -0.39 is 26.7 Å². The van der Waals surface area contributed by atoms with E-state index in [1.54, 1.807) is 36.4 Å². The summed E-state index contributed by atoms with van der Waals surface area (Å²) in [5, 5.41) is 25.3. The number of aryl methyl sites for hydroxylation is 1. The smallest absolute Gasteiger partial charge is 0.870 e. The van der Waals surface area contributed by atoms with E-state index in [4.69, 9.17) is 27.9 Å². The van der Waals surface area contributed by atoms with Crippen molar-refractivity contribution >= 4 is 67.1 Å². The van der Waals surface area contributed by atoms with Gasteiger partial charge in [0.25, 0.3) is 16.0 Å². The standard InChI is InChI=1S/C25H19Cl2N3O6S.Na/c1-13-9-16(11-20(27)24(13)37(33,34)35)29-30-22-17-6-4-3-5-14(17)10-18(23(22)31)25(32)28-15-7-8-19(26)21(12-15)36-2;/h3-12,31H,1-2H3,(H,28,32)(H,33,34,35);/q;+1/p-1. The molecule has 0 spiro atoms. The van der Waals surface area contributed by atoms with Gasteiger partial charge in [0.2, 0.25) is 0 Å². The third-order valence-electron chi connectivity index (χ3n) is 5.37. The minimum atomic E-state index is -4.55. The van der Waals surface area contributed by atoms with Gasteiger partial charge in [-0.1, -0.05) is 53.2 Å². The van der Waals surface area contributed by atoms with E-state index in [-0.39, 0.29) is 57.1 Å². The number of anilines is 1. The van der Waals surface area contributed by atoms with Gasteiger partial charge in [-0.25, -0.2) is 0 Å². The molecule has 190 valence electrons. The van der Waals surface area contributed by atoms with Gasteiger partial charge in [0.15, 0.2) is 0 Å². The van der Waals surface area contributed by atoms with Crippen LogP contribution in [0, 0.1) is 6.92 Å². The first-order valence-corrected chi connectivity index (χ1v) is 12.8. The molecule has 0 radical (unpaired) electrons. The predicted octanol–water partition coefficient (Wildman–Crippen LogP) is 3.46. The minimum absolute atomic E-state index is 0. The number of carbonyl (C=O) groups excluding carboxylic acids is 1. The fourth-order valence-electron chi connectivity index (χ4n) is 3.72. The number of azo groups is 1. The Hall–Kier alpha value is -2.70. The molecule has 0 aliphatic rings. The Morgan fingerprint density at radius 3 is 2.39 bits per heavy atom. The Bertz CT molecular complexity index is 1670. The van der Waals surface area contributed by atoms with E-state index in [1.165, 1.54) is 38.3 Å². The first kappa shape index (κ1) is 29.9. The zero-order valence-corrected chi connectivity index (χ0v) is 24.6. The first-order chi connectivity index (χ1) is 17.5. The molecular formula is C25H18Cl2N3NaO6S. The average molecular weight is 582 g/mol. The second-order valence-corrected chi connectivity index (χ2v) is 10.0. The van der Waals surface area contributed by atoms with Crippen molar-refractivity contribution in [2.75, 3.05) is 12.4 Å². The normalized spacial score (nSPS) is 11.4. The fourth-order valence-corrected chi connectivity index (χ4v) is 5.24. The van der Waals surface area contributed by atoms with E-state index in [9.17, 15) is 22.9 Å². The van der Waals surface area contributed by atoms with Gasteiger partial charge < -0.3 is 15.2 Å². The van der Waals surface area contributed by atoms with Crippen LogP contribution in [-0.4, -0.2) is 26.0 Å². The number of hydrogen-bond donors (Lipinski definition) is 2. The average Bonchev–Trinajstić information content (AvgIpc) is 2.83. The SMILES string of the molecule is COc1cc(NC(=O)c2cc3ccccc3c(N=Nc3cc(C)c(S(=O)(=O)O)c(Cl)c3)c2[O-])ccc1Cl.[Na+]. The molecule has 0 saturated carbocycles. The van der Waals surface area contributed by atoms with E-state index in [0.717, 1.165) is 0 Å². The monoisotopic (exact) mass is 581 g/mol. The summed E-state index contributed by atoms with van der Waals surface area (Å²) in [7, 11) is -3.11. The van der Waals surface area contributed by atoms with E-state index in [0.29, 0.717) is 27.2 Å². The fraction of sp³-hybridized carbons (Fsp3) is 0.0800. The third-order valence-corrected chi connectivity index (χ3v) is 7.15. The van der Waals surface area contributed by atoms with Crippen LogP contribution in [0.2, 0.25) is 10.0 Å². The van der Waals surface area contributed by atoms with Crippen LogP contribution in [0.3, 0.4) is 0 Å². The number of halogens is 2. The number of carbonyl (C=O) groups is 1. The number of nitrogens with one attached hydrogen (secondary N) is 1. The van der Waals surface area contributed by atoms with Crippen LogP contribution in [0.5, 0.6) is 11.5 Å². The van der Waals surface area contributed by atoms with Crippen molar-refractivity contribution in [1.29, 1.82) is 0 Å². The molecule has 4 aromatic rings. The largest absolute Gasteiger partial charge is 1.00 e. The minimum Gasteiger partial charge on any atom is -0.870 e. The molecule has 9 nitrogen and oxygen atoms in total. The van der Waals surface area contributed by atoms with E-state index in [1.807, 2.05) is 0 Å². The Kier molecular flexibility index (Phi) is 9.43. The number of rotatable bonds is 6. The third kappa shape index (κ3) is 6.29. The van der Waals surface area contributed by atoms with Gasteiger partial charge in [-0.15, -0.1) is 0 Å². The maximum atomic E-state index is 13.3. The van der Waals surface area contributed by atoms with Crippen LogP contribution in [0.15, 0.2) is 75.8 Å². The molecule has 0 aliphatic heterocycles. The molecule has 1 amide bonds. The summed E-state index contributed by atoms with van der Waals surface area (Å²) >= 11 is 12.1. The molecule has 4 rings (SSSR count). The quantitative estimate of drug-likeness (QED) is 0.203. The van der Waals surface area contributed by atoms with Crippen molar-refractivity contribution in [2.45, 2.75) is 11.8 Å². The van der Waals surface area contributed by atoms with Gasteiger partial charge in [0.05, 0.1) is 28.5 Å². The summed E-state index contributed by atoms with van der Waals surface area (Å²) in [4.78, 5) is 12.6. The molecule has 0 heterocycles. The van der Waals surface area contributed by atoms with Crippen molar-refractivity contribution < 1.29 is 57.2 Å². The van der Waals surface area contributed by atoms with E-state index in [2.05, 4.69) is 15.5 Å². The summed E-state index contributed by atoms with van der Waals surface area (Å²) in [6.07, 6.45) is 0. The molecule has 0 bridgehead atoms. The van der Waals surface area contributed by atoms with Crippen LogP contribution in [0.4, 0.5) is 17.1 Å². The number of amides is 1. The van der Waals surface area contributed by atoms with Gasteiger partial charge in [0, 0.05) is 22.7 Å². The molecular weight excluding hydrogens is 564 g/mol. The maximum Gasteiger partial charge on any atom is 1.00 e. The maximum absolute atomic E-state index is 13.3. The molecule has 13 heteroatoms. The second kappa shape index (κ2) is 12.0. The van der Waals surface area contributed by atoms with Crippen molar-refractivity contribution in [2.24, 2.45) is 10.2 Å². The molecule has 2 N–H and O–H groups in total. The zero-order chi connectivity index (χ0) is 26.9.